The van der Waals surface area contributed by atoms with Crippen LogP contribution in [0, 0.1) is 5.92 Å². The summed E-state index contributed by atoms with van der Waals surface area (Å²) in [5.74, 6) is -0.932. The minimum Gasteiger partial charge on any atom is -0.462 e. The molecule has 1 saturated carbocycles. The van der Waals surface area contributed by atoms with E-state index < -0.39 is 12.0 Å². The van der Waals surface area contributed by atoms with E-state index in [2.05, 4.69) is 17.2 Å². The normalized spacial score (nSPS) is 25.5. The molecule has 0 aromatic heterocycles. The molecular weight excluding hydrogens is 280 g/mol. The first-order valence-electron chi connectivity index (χ1n) is 7.67. The molecule has 2 fully saturated rings. The van der Waals surface area contributed by atoms with Crippen LogP contribution in [-0.2, 0) is 9.53 Å². The monoisotopic (exact) mass is 300 g/mol. The molecule has 1 saturated heterocycles. The zero-order chi connectivity index (χ0) is 15.5. The van der Waals surface area contributed by atoms with Crippen molar-refractivity contribution in [2.24, 2.45) is 5.92 Å². The number of carbonyl (C=O) groups is 2. The summed E-state index contributed by atoms with van der Waals surface area (Å²) < 4.78 is 5.62. The van der Waals surface area contributed by atoms with Crippen LogP contribution in [0.2, 0.25) is 0 Å². The van der Waals surface area contributed by atoms with Crippen LogP contribution in [-0.4, -0.2) is 18.1 Å². The molecule has 2 aliphatic rings. The molecule has 22 heavy (non-hydrogen) atoms. The van der Waals surface area contributed by atoms with Gasteiger partial charge in [0.25, 0.3) is 0 Å². The maximum absolute atomic E-state index is 12.6. The van der Waals surface area contributed by atoms with E-state index in [1.807, 2.05) is 30.3 Å². The van der Waals surface area contributed by atoms with Gasteiger partial charge in [0.1, 0.15) is 12.0 Å². The number of rotatable bonds is 3. The van der Waals surface area contributed by atoms with Gasteiger partial charge in [-0.25, -0.2) is 4.79 Å². The van der Waals surface area contributed by atoms with Gasteiger partial charge < -0.3 is 15.4 Å². The summed E-state index contributed by atoms with van der Waals surface area (Å²) in [6.45, 7) is 3.84. The van der Waals surface area contributed by atoms with Crippen molar-refractivity contribution >= 4 is 12.0 Å². The highest BCUT2D eigenvalue weighted by Crippen LogP contribution is 2.32. The molecule has 1 aromatic carbocycles. The quantitative estimate of drug-likeness (QED) is 0.843. The number of hydrogen-bond acceptors (Lipinski definition) is 3. The van der Waals surface area contributed by atoms with Crippen LogP contribution in [0.1, 0.15) is 37.3 Å². The number of carbonyl (C=O) groups excluding carboxylic acids is 2. The Kier molecular flexibility index (Phi) is 4.13. The molecular formula is C17H20N2O3. The van der Waals surface area contributed by atoms with Gasteiger partial charge in [0, 0.05) is 5.70 Å². The van der Waals surface area contributed by atoms with Gasteiger partial charge in [-0.05, 0) is 31.2 Å². The first-order valence-corrected chi connectivity index (χ1v) is 7.67. The summed E-state index contributed by atoms with van der Waals surface area (Å²) in [5, 5.41) is 5.40. The van der Waals surface area contributed by atoms with Gasteiger partial charge in [-0.1, -0.05) is 36.9 Å². The Morgan fingerprint density at radius 3 is 2.55 bits per heavy atom. The molecule has 1 aliphatic carbocycles. The van der Waals surface area contributed by atoms with Gasteiger partial charge in [-0.2, -0.15) is 0 Å². The van der Waals surface area contributed by atoms with E-state index in [1.165, 1.54) is 0 Å². The predicted molar refractivity (Wildman–Crippen MR) is 81.8 cm³/mol. The smallest absolute Gasteiger partial charge is 0.319 e. The molecule has 2 N–H and O–H groups in total. The zero-order valence-electron chi connectivity index (χ0n) is 12.4. The van der Waals surface area contributed by atoms with Crippen molar-refractivity contribution in [2.45, 2.75) is 37.8 Å². The van der Waals surface area contributed by atoms with Crippen molar-refractivity contribution in [3.8, 4) is 0 Å². The van der Waals surface area contributed by atoms with Crippen molar-refractivity contribution in [1.29, 1.82) is 0 Å². The zero-order valence-corrected chi connectivity index (χ0v) is 12.4. The number of amides is 2. The van der Waals surface area contributed by atoms with E-state index >= 15 is 0 Å². The first-order chi connectivity index (χ1) is 10.6. The third kappa shape index (κ3) is 2.98. The molecule has 1 aliphatic heterocycles. The van der Waals surface area contributed by atoms with Gasteiger partial charge in [0.2, 0.25) is 0 Å². The third-order valence-corrected chi connectivity index (χ3v) is 4.27. The number of esters is 1. The van der Waals surface area contributed by atoms with E-state index in [4.69, 9.17) is 4.74 Å². The Hall–Kier alpha value is -2.30. The van der Waals surface area contributed by atoms with Crippen LogP contribution in [0.5, 0.6) is 0 Å². The van der Waals surface area contributed by atoms with E-state index in [1.54, 1.807) is 0 Å². The maximum Gasteiger partial charge on any atom is 0.319 e. The Balaban J connectivity index is 1.82. The molecule has 2 amide bonds. The second-order valence-electron chi connectivity index (χ2n) is 5.83. The Morgan fingerprint density at radius 1 is 1.18 bits per heavy atom. The van der Waals surface area contributed by atoms with Gasteiger partial charge in [0.15, 0.2) is 0 Å². The van der Waals surface area contributed by atoms with Crippen molar-refractivity contribution < 1.29 is 14.3 Å². The maximum atomic E-state index is 12.6. The Labute approximate surface area is 129 Å². The number of hydrogen-bond donors (Lipinski definition) is 2. The minimum absolute atomic E-state index is 0.00523. The van der Waals surface area contributed by atoms with E-state index in [9.17, 15) is 9.59 Å². The van der Waals surface area contributed by atoms with Crippen molar-refractivity contribution in [3.63, 3.8) is 0 Å². The summed E-state index contributed by atoms with van der Waals surface area (Å²) in [7, 11) is 0. The van der Waals surface area contributed by atoms with E-state index in [-0.39, 0.29) is 18.1 Å². The number of urea groups is 1. The molecule has 1 heterocycles. The summed E-state index contributed by atoms with van der Waals surface area (Å²) in [6.07, 6.45) is 4.03. The van der Waals surface area contributed by atoms with Crippen molar-refractivity contribution in [2.75, 3.05) is 0 Å². The van der Waals surface area contributed by atoms with Gasteiger partial charge in [0.05, 0.1) is 6.04 Å². The third-order valence-electron chi connectivity index (χ3n) is 4.27. The van der Waals surface area contributed by atoms with E-state index in [0.29, 0.717) is 5.70 Å². The molecule has 1 aromatic rings. The van der Waals surface area contributed by atoms with Crippen LogP contribution in [0.4, 0.5) is 4.79 Å². The second kappa shape index (κ2) is 6.22. The minimum atomic E-state index is -0.610. The summed E-state index contributed by atoms with van der Waals surface area (Å²) in [4.78, 5) is 24.3. The van der Waals surface area contributed by atoms with Crippen LogP contribution in [0.3, 0.4) is 0 Å². The van der Waals surface area contributed by atoms with Crippen LogP contribution < -0.4 is 10.6 Å². The van der Waals surface area contributed by atoms with Crippen molar-refractivity contribution in [3.05, 3.63) is 48.2 Å². The molecule has 3 rings (SSSR count). The van der Waals surface area contributed by atoms with Gasteiger partial charge in [-0.15, -0.1) is 0 Å². The molecule has 5 nitrogen and oxygen atoms in total. The fourth-order valence-electron chi connectivity index (χ4n) is 3.14. The summed E-state index contributed by atoms with van der Waals surface area (Å²) in [6, 6.07) is 8.64. The number of ether oxygens (including phenoxy) is 1. The fourth-order valence-corrected chi connectivity index (χ4v) is 3.14. The molecule has 0 radical (unpaired) electrons. The van der Waals surface area contributed by atoms with E-state index in [0.717, 1.165) is 31.2 Å². The topological polar surface area (TPSA) is 67.4 Å². The average molecular weight is 300 g/mol. The molecule has 2 atom stereocenters. The van der Waals surface area contributed by atoms with Crippen LogP contribution in [0.25, 0.3) is 0 Å². The highest BCUT2D eigenvalue weighted by Gasteiger charge is 2.39. The molecule has 5 heteroatoms. The Bertz CT molecular complexity index is 579. The fraction of sp³-hybridized carbons (Fsp3) is 0.412. The molecule has 2 unspecified atom stereocenters. The highest BCUT2D eigenvalue weighted by atomic mass is 16.5. The number of nitrogens with one attached hydrogen (secondary N) is 2. The summed E-state index contributed by atoms with van der Waals surface area (Å²) in [5.41, 5.74) is 1.26. The largest absolute Gasteiger partial charge is 0.462 e. The van der Waals surface area contributed by atoms with Crippen LogP contribution >= 0.6 is 0 Å². The lowest BCUT2D eigenvalue weighted by molar-refractivity contribution is -0.153. The van der Waals surface area contributed by atoms with Gasteiger partial charge in [-0.3, -0.25) is 4.79 Å². The van der Waals surface area contributed by atoms with Gasteiger partial charge >= 0.3 is 12.0 Å². The average Bonchev–Trinajstić information content (AvgIpc) is 3.00. The lowest BCUT2D eigenvalue weighted by atomic mass is 9.89. The van der Waals surface area contributed by atoms with Crippen molar-refractivity contribution in [1.82, 2.24) is 10.6 Å². The summed E-state index contributed by atoms with van der Waals surface area (Å²) >= 11 is 0. The number of benzene rings is 1. The first kappa shape index (κ1) is 14.6. The Morgan fingerprint density at radius 2 is 1.86 bits per heavy atom. The lowest BCUT2D eigenvalue weighted by Gasteiger charge is -2.33. The second-order valence-corrected chi connectivity index (χ2v) is 5.83. The predicted octanol–water partition coefficient (Wildman–Crippen LogP) is 2.66. The standard InChI is InChI=1S/C17H20N2O3/c1-11-14(16(20)22-13-9-5-6-10-13)15(19-17(21)18-11)12-7-3-2-4-8-12/h2-4,7-8,13-15H,1,5-6,9-10H2,(H2,18,19,21). The van der Waals surface area contributed by atoms with Crippen LogP contribution in [0.15, 0.2) is 42.6 Å². The lowest BCUT2D eigenvalue weighted by Crippen LogP contribution is -2.51. The molecule has 0 spiro atoms. The SMILES string of the molecule is C=C1NC(=O)NC(c2ccccc2)C1C(=O)OC1CCCC1. The highest BCUT2D eigenvalue weighted by molar-refractivity contribution is 5.85. The molecule has 116 valence electrons. The molecule has 0 bridgehead atoms.